The summed E-state index contributed by atoms with van der Waals surface area (Å²) in [6.07, 6.45) is 4.42. The number of hydrogen-bond donors (Lipinski definition) is 2. The minimum Gasteiger partial charge on any atom is -0.445 e. The Morgan fingerprint density at radius 1 is 1.33 bits per heavy atom. The van der Waals surface area contributed by atoms with Crippen molar-refractivity contribution in [1.82, 2.24) is 19.9 Å². The molecule has 0 bridgehead atoms. The van der Waals surface area contributed by atoms with Crippen LogP contribution in [0.2, 0.25) is 0 Å². The van der Waals surface area contributed by atoms with Gasteiger partial charge in [-0.05, 0) is 31.7 Å². The second-order valence-electron chi connectivity index (χ2n) is 8.37. The van der Waals surface area contributed by atoms with Crippen LogP contribution in [0.5, 0.6) is 0 Å². The molecule has 2 fully saturated rings. The number of nitrogens with zero attached hydrogens (tertiary/aromatic N) is 4. The van der Waals surface area contributed by atoms with Crippen LogP contribution in [0.15, 0.2) is 42.6 Å². The summed E-state index contributed by atoms with van der Waals surface area (Å²) in [5, 5.41) is 7.58. The van der Waals surface area contributed by atoms with E-state index in [4.69, 9.17) is 15.5 Å². The summed E-state index contributed by atoms with van der Waals surface area (Å²) in [5.74, 6) is 0.928. The van der Waals surface area contributed by atoms with Gasteiger partial charge in [-0.3, -0.25) is 0 Å². The Morgan fingerprint density at radius 3 is 2.90 bits per heavy atom. The van der Waals surface area contributed by atoms with E-state index in [9.17, 15) is 4.79 Å². The molecule has 8 heteroatoms. The molecule has 2 aliphatic rings. The maximum atomic E-state index is 12.2. The highest BCUT2D eigenvalue weighted by molar-refractivity contribution is 5.68. The highest BCUT2D eigenvalue weighted by Gasteiger charge is 2.42. The summed E-state index contributed by atoms with van der Waals surface area (Å²) in [5.41, 5.74) is 9.75. The molecule has 1 saturated heterocycles. The molecule has 1 aliphatic heterocycles. The first-order valence-corrected chi connectivity index (χ1v) is 10.4. The lowest BCUT2D eigenvalue weighted by molar-refractivity contribution is 0.136. The van der Waals surface area contributed by atoms with E-state index >= 15 is 0 Å². The van der Waals surface area contributed by atoms with E-state index in [2.05, 4.69) is 15.3 Å². The smallest absolute Gasteiger partial charge is 0.407 e. The van der Waals surface area contributed by atoms with Crippen molar-refractivity contribution in [3.8, 4) is 0 Å². The van der Waals surface area contributed by atoms with E-state index in [0.29, 0.717) is 6.54 Å². The van der Waals surface area contributed by atoms with Gasteiger partial charge in [0.05, 0.1) is 17.3 Å². The maximum Gasteiger partial charge on any atom is 0.407 e. The van der Waals surface area contributed by atoms with Crippen molar-refractivity contribution in [3.05, 3.63) is 59.4 Å². The molecule has 5 rings (SSSR count). The first-order valence-electron chi connectivity index (χ1n) is 10.4. The van der Waals surface area contributed by atoms with E-state index in [0.717, 1.165) is 54.1 Å². The first-order chi connectivity index (χ1) is 14.5. The van der Waals surface area contributed by atoms with E-state index < -0.39 is 0 Å². The van der Waals surface area contributed by atoms with Crippen molar-refractivity contribution in [2.75, 3.05) is 18.0 Å². The highest BCUT2D eigenvalue weighted by Crippen LogP contribution is 2.42. The van der Waals surface area contributed by atoms with Crippen LogP contribution in [0.1, 0.15) is 36.1 Å². The van der Waals surface area contributed by atoms with E-state index in [-0.39, 0.29) is 24.3 Å². The third-order valence-electron chi connectivity index (χ3n) is 5.93. The second-order valence-corrected chi connectivity index (χ2v) is 8.37. The second kappa shape index (κ2) is 7.28. The number of alkyl carbamates (subject to hydrolysis) is 1. The summed E-state index contributed by atoms with van der Waals surface area (Å²) in [7, 11) is 0. The molecular weight excluding hydrogens is 380 g/mol. The fourth-order valence-electron chi connectivity index (χ4n) is 3.96. The zero-order chi connectivity index (χ0) is 20.7. The number of hydrogen-bond acceptors (Lipinski definition) is 6. The van der Waals surface area contributed by atoms with Gasteiger partial charge in [-0.1, -0.05) is 30.3 Å². The number of rotatable bonds is 5. The van der Waals surface area contributed by atoms with Gasteiger partial charge in [0.15, 0.2) is 5.65 Å². The summed E-state index contributed by atoms with van der Waals surface area (Å²) >= 11 is 0. The van der Waals surface area contributed by atoms with Gasteiger partial charge in [-0.15, -0.1) is 0 Å². The average Bonchev–Trinajstić information content (AvgIpc) is 3.13. The summed E-state index contributed by atoms with van der Waals surface area (Å²) in [6.45, 7) is 3.84. The first kappa shape index (κ1) is 18.9. The van der Waals surface area contributed by atoms with Gasteiger partial charge in [0.2, 0.25) is 0 Å². The third-order valence-corrected chi connectivity index (χ3v) is 5.93. The summed E-state index contributed by atoms with van der Waals surface area (Å²) in [6, 6.07) is 11.7. The van der Waals surface area contributed by atoms with Crippen molar-refractivity contribution < 1.29 is 9.53 Å². The lowest BCUT2D eigenvalue weighted by Gasteiger charge is -2.20. The van der Waals surface area contributed by atoms with Crippen LogP contribution in [-0.4, -0.2) is 39.8 Å². The molecule has 1 amide bonds. The molecule has 30 heavy (non-hydrogen) atoms. The molecule has 0 spiro atoms. The lowest BCUT2D eigenvalue weighted by Crippen LogP contribution is -2.37. The molecule has 156 valence electrons. The fourth-order valence-corrected chi connectivity index (χ4v) is 3.96. The Labute approximate surface area is 175 Å². The predicted molar refractivity (Wildman–Crippen MR) is 113 cm³/mol. The van der Waals surface area contributed by atoms with E-state index in [1.54, 1.807) is 0 Å². The predicted octanol–water partition coefficient (Wildman–Crippen LogP) is 2.49. The molecule has 1 saturated carbocycles. The van der Waals surface area contributed by atoms with Gasteiger partial charge in [-0.25, -0.2) is 14.3 Å². The Balaban J connectivity index is 1.22. The quantitative estimate of drug-likeness (QED) is 0.676. The van der Waals surface area contributed by atoms with Gasteiger partial charge in [0.1, 0.15) is 12.4 Å². The molecule has 2 aromatic heterocycles. The van der Waals surface area contributed by atoms with Crippen LogP contribution < -0.4 is 16.0 Å². The molecule has 3 aromatic rings. The van der Waals surface area contributed by atoms with E-state index in [1.807, 2.05) is 54.0 Å². The number of nitrogens with two attached hydrogens (primary N) is 1. The van der Waals surface area contributed by atoms with E-state index in [1.165, 1.54) is 0 Å². The molecule has 0 radical (unpaired) electrons. The molecule has 0 unspecified atom stereocenters. The van der Waals surface area contributed by atoms with Crippen molar-refractivity contribution >= 4 is 17.6 Å². The van der Waals surface area contributed by atoms with Crippen molar-refractivity contribution in [1.29, 1.82) is 0 Å². The number of aryl methyl sites for hydroxylation is 1. The van der Waals surface area contributed by atoms with Gasteiger partial charge in [-0.2, -0.15) is 5.10 Å². The number of anilines is 1. The van der Waals surface area contributed by atoms with Crippen molar-refractivity contribution in [2.24, 2.45) is 5.73 Å². The number of nitrogens with one attached hydrogen (secondary N) is 1. The number of ether oxygens (including phenoxy) is 1. The summed E-state index contributed by atoms with van der Waals surface area (Å²) in [4.78, 5) is 19.2. The van der Waals surface area contributed by atoms with Crippen LogP contribution in [-0.2, 0) is 16.9 Å². The minimum absolute atomic E-state index is 0.0324. The Morgan fingerprint density at radius 2 is 2.13 bits per heavy atom. The fraction of sp³-hybridized carbons (Fsp3) is 0.409. The van der Waals surface area contributed by atoms with Crippen molar-refractivity contribution in [3.63, 3.8) is 0 Å². The van der Waals surface area contributed by atoms with Crippen LogP contribution >= 0.6 is 0 Å². The third kappa shape index (κ3) is 3.70. The number of carbonyl (C=O) groups is 1. The molecule has 1 aliphatic carbocycles. The number of amides is 1. The number of benzene rings is 1. The summed E-state index contributed by atoms with van der Waals surface area (Å²) < 4.78 is 7.16. The number of aromatic nitrogens is 3. The monoisotopic (exact) mass is 406 g/mol. The molecule has 3 N–H and O–H groups in total. The Hall–Kier alpha value is -3.13. The topological polar surface area (TPSA) is 97.8 Å². The molecule has 8 nitrogen and oxygen atoms in total. The molecule has 1 aromatic carbocycles. The molecular formula is C22H26N6O2. The van der Waals surface area contributed by atoms with Gasteiger partial charge >= 0.3 is 6.09 Å². The van der Waals surface area contributed by atoms with Gasteiger partial charge in [0.25, 0.3) is 0 Å². The lowest BCUT2D eigenvalue weighted by atomic mass is 10.2. The highest BCUT2D eigenvalue weighted by atomic mass is 16.5. The van der Waals surface area contributed by atoms with Crippen LogP contribution in [0.4, 0.5) is 10.6 Å². The standard InChI is InChI=1S/C22H26N6O2/c1-15-12-28-19(11-18(26-28)22(23)8-9-22)25-20(15)27-10-7-17(13-27)24-21(29)30-14-16-5-3-2-4-6-16/h2-6,11-12,17H,7-10,13-14,23H2,1H3,(H,24,29)/t17-/m0/s1. The Kier molecular flexibility index (Phi) is 4.58. The zero-order valence-corrected chi connectivity index (χ0v) is 17.0. The number of carbonyl (C=O) groups excluding carboxylic acids is 1. The number of fused-ring (bicyclic) bond motifs is 1. The molecule has 1 atom stereocenters. The van der Waals surface area contributed by atoms with Crippen LogP contribution in [0.3, 0.4) is 0 Å². The van der Waals surface area contributed by atoms with Gasteiger partial charge < -0.3 is 20.7 Å². The van der Waals surface area contributed by atoms with Crippen LogP contribution in [0, 0.1) is 6.92 Å². The van der Waals surface area contributed by atoms with Crippen LogP contribution in [0.25, 0.3) is 5.65 Å². The van der Waals surface area contributed by atoms with Crippen molar-refractivity contribution in [2.45, 2.75) is 44.4 Å². The largest absolute Gasteiger partial charge is 0.445 e. The average molecular weight is 406 g/mol. The minimum atomic E-state index is -0.385. The normalized spacial score (nSPS) is 19.8. The SMILES string of the molecule is Cc1cn2nc(C3(N)CC3)cc2nc1N1CC[C@H](NC(=O)OCc2ccccc2)C1. The van der Waals surface area contributed by atoms with Gasteiger partial charge in [0, 0.05) is 30.9 Å². The zero-order valence-electron chi connectivity index (χ0n) is 17.0. The molecule has 3 heterocycles. The maximum absolute atomic E-state index is 12.2. The Bertz CT molecular complexity index is 1080.